The second-order valence-corrected chi connectivity index (χ2v) is 6.35. The molecule has 1 N–H and O–H groups in total. The van der Waals surface area contributed by atoms with Crippen LogP contribution in [0.3, 0.4) is 0 Å². The van der Waals surface area contributed by atoms with E-state index in [9.17, 15) is 8.78 Å². The Morgan fingerprint density at radius 3 is 2.76 bits per heavy atom. The summed E-state index contributed by atoms with van der Waals surface area (Å²) in [5.74, 6) is -0.976. The van der Waals surface area contributed by atoms with E-state index in [4.69, 9.17) is 0 Å². The van der Waals surface area contributed by atoms with Crippen LogP contribution in [-0.4, -0.2) is 30.1 Å². The van der Waals surface area contributed by atoms with Gasteiger partial charge in [0.1, 0.15) is 0 Å². The number of hydrogen-bond acceptors (Lipinski definition) is 2. The van der Waals surface area contributed by atoms with E-state index < -0.39 is 11.6 Å². The lowest BCUT2D eigenvalue weighted by molar-refractivity contribution is 0.0872. The molecule has 4 heteroatoms. The van der Waals surface area contributed by atoms with Gasteiger partial charge in [-0.15, -0.1) is 0 Å². The highest BCUT2D eigenvalue weighted by Gasteiger charge is 2.30. The summed E-state index contributed by atoms with van der Waals surface area (Å²) in [5, 5.41) is 3.58. The molecule has 1 aliphatic rings. The van der Waals surface area contributed by atoms with Crippen LogP contribution in [0.2, 0.25) is 0 Å². The quantitative estimate of drug-likeness (QED) is 0.893. The molecule has 0 amide bonds. The van der Waals surface area contributed by atoms with E-state index in [1.54, 1.807) is 12.1 Å². The van der Waals surface area contributed by atoms with Gasteiger partial charge in [-0.3, -0.25) is 4.90 Å². The maximum atomic E-state index is 13.9. The van der Waals surface area contributed by atoms with E-state index in [-0.39, 0.29) is 0 Å². The molecule has 21 heavy (non-hydrogen) atoms. The van der Waals surface area contributed by atoms with Crippen molar-refractivity contribution >= 4 is 0 Å². The third-order valence-electron chi connectivity index (χ3n) is 4.35. The van der Waals surface area contributed by atoms with Crippen LogP contribution >= 0.6 is 0 Å². The van der Waals surface area contributed by atoms with Gasteiger partial charge in [-0.25, -0.2) is 8.78 Å². The second-order valence-electron chi connectivity index (χ2n) is 6.35. The monoisotopic (exact) mass is 296 g/mol. The van der Waals surface area contributed by atoms with Gasteiger partial charge in [0.2, 0.25) is 0 Å². The number of nitrogens with one attached hydrogen (secondary N) is 1. The minimum atomic E-state index is -0.756. The fourth-order valence-corrected chi connectivity index (χ4v) is 3.17. The van der Waals surface area contributed by atoms with Crippen LogP contribution < -0.4 is 5.32 Å². The Labute approximate surface area is 126 Å². The Morgan fingerprint density at radius 2 is 2.10 bits per heavy atom. The maximum absolute atomic E-state index is 13.9. The summed E-state index contributed by atoms with van der Waals surface area (Å²) in [6.45, 7) is 8.83. The lowest BCUT2D eigenvalue weighted by atomic mass is 9.96. The molecule has 0 bridgehead atoms. The molecule has 2 atom stereocenters. The van der Waals surface area contributed by atoms with Crippen molar-refractivity contribution in [1.29, 1.82) is 0 Å². The zero-order valence-corrected chi connectivity index (χ0v) is 13.2. The maximum Gasteiger partial charge on any atom is 0.163 e. The zero-order chi connectivity index (χ0) is 15.4. The van der Waals surface area contributed by atoms with E-state index in [0.717, 1.165) is 25.9 Å². The van der Waals surface area contributed by atoms with Crippen LogP contribution in [0.25, 0.3) is 0 Å². The van der Waals surface area contributed by atoms with E-state index in [2.05, 4.69) is 31.0 Å². The van der Waals surface area contributed by atoms with Gasteiger partial charge >= 0.3 is 0 Å². The van der Waals surface area contributed by atoms with Gasteiger partial charge in [0.25, 0.3) is 0 Å². The van der Waals surface area contributed by atoms with Gasteiger partial charge in [0.05, 0.1) is 0 Å². The first-order valence-corrected chi connectivity index (χ1v) is 7.93. The van der Waals surface area contributed by atoms with Crippen molar-refractivity contribution in [3.05, 3.63) is 35.4 Å². The molecule has 0 radical (unpaired) electrons. The summed E-state index contributed by atoms with van der Waals surface area (Å²) in [4.78, 5) is 2.30. The standard InChI is InChI=1S/C17H26F2N2/c1-4-6-14-11-21(16(9-20-14)12(2)3)10-13-7-5-8-15(18)17(13)19/h5,7-8,12,14,16,20H,4,6,9-11H2,1-3H3. The van der Waals surface area contributed by atoms with E-state index in [1.807, 2.05) is 0 Å². The molecule has 2 rings (SSSR count). The molecule has 2 unspecified atom stereocenters. The average molecular weight is 296 g/mol. The fourth-order valence-electron chi connectivity index (χ4n) is 3.17. The molecular weight excluding hydrogens is 270 g/mol. The Kier molecular flexibility index (Phi) is 5.71. The van der Waals surface area contributed by atoms with Gasteiger partial charge in [0.15, 0.2) is 11.6 Å². The lowest BCUT2D eigenvalue weighted by Gasteiger charge is -2.42. The number of nitrogens with zero attached hydrogens (tertiary/aromatic N) is 1. The predicted octanol–water partition coefficient (Wildman–Crippen LogP) is 3.56. The molecule has 2 nitrogen and oxygen atoms in total. The van der Waals surface area contributed by atoms with Crippen molar-refractivity contribution < 1.29 is 8.78 Å². The first-order chi connectivity index (χ1) is 10.0. The molecule has 118 valence electrons. The number of rotatable bonds is 5. The van der Waals surface area contributed by atoms with Crippen LogP contribution in [0, 0.1) is 17.6 Å². The van der Waals surface area contributed by atoms with Crippen molar-refractivity contribution in [2.45, 2.75) is 52.2 Å². The van der Waals surface area contributed by atoms with Crippen LogP contribution in [-0.2, 0) is 6.54 Å². The van der Waals surface area contributed by atoms with Crippen LogP contribution in [0.4, 0.5) is 8.78 Å². The summed E-state index contributed by atoms with van der Waals surface area (Å²) in [7, 11) is 0. The highest BCUT2D eigenvalue weighted by molar-refractivity contribution is 5.19. The second kappa shape index (κ2) is 7.32. The average Bonchev–Trinajstić information content (AvgIpc) is 2.44. The topological polar surface area (TPSA) is 15.3 Å². The number of hydrogen-bond donors (Lipinski definition) is 1. The first kappa shape index (κ1) is 16.4. The molecule has 1 aromatic rings. The van der Waals surface area contributed by atoms with Crippen molar-refractivity contribution in [2.24, 2.45) is 5.92 Å². The van der Waals surface area contributed by atoms with Crippen LogP contribution in [0.1, 0.15) is 39.2 Å². The Balaban J connectivity index is 2.14. The highest BCUT2D eigenvalue weighted by Crippen LogP contribution is 2.21. The number of benzene rings is 1. The van der Waals surface area contributed by atoms with Gasteiger partial charge in [-0.1, -0.05) is 39.3 Å². The summed E-state index contributed by atoms with van der Waals surface area (Å²) < 4.78 is 27.3. The van der Waals surface area contributed by atoms with Gasteiger partial charge in [-0.2, -0.15) is 0 Å². The molecule has 0 aliphatic carbocycles. The van der Waals surface area contributed by atoms with E-state index in [1.165, 1.54) is 6.07 Å². The van der Waals surface area contributed by atoms with Gasteiger partial charge in [0, 0.05) is 37.3 Å². The van der Waals surface area contributed by atoms with Crippen molar-refractivity contribution in [2.75, 3.05) is 13.1 Å². The minimum Gasteiger partial charge on any atom is -0.311 e. The molecule has 1 saturated heterocycles. The third kappa shape index (κ3) is 4.01. The molecule has 1 fully saturated rings. The number of halogens is 2. The van der Waals surface area contributed by atoms with Crippen LogP contribution in [0.15, 0.2) is 18.2 Å². The summed E-state index contributed by atoms with van der Waals surface area (Å²) >= 11 is 0. The van der Waals surface area contributed by atoms with Crippen molar-refractivity contribution in [3.63, 3.8) is 0 Å². The summed E-state index contributed by atoms with van der Waals surface area (Å²) in [6.07, 6.45) is 2.25. The Morgan fingerprint density at radius 1 is 1.33 bits per heavy atom. The Bertz CT molecular complexity index is 462. The van der Waals surface area contributed by atoms with Crippen LogP contribution in [0.5, 0.6) is 0 Å². The molecule has 0 saturated carbocycles. The first-order valence-electron chi connectivity index (χ1n) is 7.93. The molecule has 1 aromatic carbocycles. The lowest BCUT2D eigenvalue weighted by Crippen LogP contribution is -2.57. The smallest absolute Gasteiger partial charge is 0.163 e. The Hall–Kier alpha value is -1.00. The minimum absolute atomic E-state index is 0.362. The molecule has 1 heterocycles. The highest BCUT2D eigenvalue weighted by atomic mass is 19.2. The fraction of sp³-hybridized carbons (Fsp3) is 0.647. The largest absolute Gasteiger partial charge is 0.311 e. The van der Waals surface area contributed by atoms with E-state index >= 15 is 0 Å². The zero-order valence-electron chi connectivity index (χ0n) is 13.2. The predicted molar refractivity (Wildman–Crippen MR) is 82.1 cm³/mol. The summed E-state index contributed by atoms with van der Waals surface area (Å²) in [6, 6.07) is 5.26. The van der Waals surface area contributed by atoms with Gasteiger partial charge < -0.3 is 5.32 Å². The molecule has 1 aliphatic heterocycles. The summed E-state index contributed by atoms with van der Waals surface area (Å²) in [5.41, 5.74) is 0.456. The van der Waals surface area contributed by atoms with Gasteiger partial charge in [-0.05, 0) is 18.4 Å². The van der Waals surface area contributed by atoms with Crippen molar-refractivity contribution in [3.8, 4) is 0 Å². The molecular formula is C17H26F2N2. The SMILES string of the molecule is CCCC1CN(Cc2cccc(F)c2F)C(C(C)C)CN1. The molecule has 0 aromatic heterocycles. The normalized spacial score (nSPS) is 23.7. The third-order valence-corrected chi connectivity index (χ3v) is 4.35. The van der Waals surface area contributed by atoms with E-state index in [0.29, 0.717) is 30.1 Å². The van der Waals surface area contributed by atoms with Crippen molar-refractivity contribution in [1.82, 2.24) is 10.2 Å². The molecule has 0 spiro atoms. The number of piperazine rings is 1.